The second-order valence-corrected chi connectivity index (χ2v) is 7.00. The largest absolute Gasteiger partial charge is 0.390 e. The molecule has 0 fully saturated rings. The van der Waals surface area contributed by atoms with E-state index in [0.717, 1.165) is 11.5 Å². The highest BCUT2D eigenvalue weighted by Crippen LogP contribution is 2.24. The quantitative estimate of drug-likeness (QED) is 0.826. The van der Waals surface area contributed by atoms with Gasteiger partial charge in [0, 0.05) is 18.1 Å². The number of alkyl halides is 3. The Morgan fingerprint density at radius 3 is 2.37 bits per heavy atom. The Balaban J connectivity index is 2.94. The lowest BCUT2D eigenvalue weighted by molar-refractivity contribution is -0.135. The van der Waals surface area contributed by atoms with Crippen molar-refractivity contribution < 1.29 is 21.6 Å². The Hall–Kier alpha value is -0.600. The summed E-state index contributed by atoms with van der Waals surface area (Å²) in [6.45, 7) is 1.11. The van der Waals surface area contributed by atoms with Crippen molar-refractivity contribution in [2.24, 2.45) is 0 Å². The van der Waals surface area contributed by atoms with Crippen molar-refractivity contribution in [1.82, 2.24) is 4.31 Å². The van der Waals surface area contributed by atoms with Gasteiger partial charge in [0.15, 0.2) is 0 Å². The van der Waals surface area contributed by atoms with Crippen molar-refractivity contribution in [3.05, 3.63) is 28.2 Å². The minimum absolute atomic E-state index is 0.0159. The van der Waals surface area contributed by atoms with E-state index in [4.69, 9.17) is 0 Å². The topological polar surface area (TPSA) is 37.4 Å². The zero-order valence-electron chi connectivity index (χ0n) is 10.3. The highest BCUT2D eigenvalue weighted by atomic mass is 79.9. The monoisotopic (exact) mass is 359 g/mol. The molecule has 0 heterocycles. The predicted molar refractivity (Wildman–Crippen MR) is 69.4 cm³/mol. The fourth-order valence-electron chi connectivity index (χ4n) is 1.36. The molecule has 0 aliphatic heterocycles. The van der Waals surface area contributed by atoms with E-state index < -0.39 is 29.2 Å². The fraction of sp³-hybridized carbons (Fsp3) is 0.455. The molecule has 1 rings (SSSR count). The lowest BCUT2D eigenvalue weighted by Crippen LogP contribution is -2.30. The molecular formula is C11H13BrF3NO2S. The number of hydrogen-bond donors (Lipinski definition) is 0. The van der Waals surface area contributed by atoms with Crippen molar-refractivity contribution in [3.63, 3.8) is 0 Å². The van der Waals surface area contributed by atoms with E-state index >= 15 is 0 Å². The number of rotatable bonds is 4. The van der Waals surface area contributed by atoms with E-state index in [2.05, 4.69) is 15.9 Å². The molecule has 0 aliphatic carbocycles. The van der Waals surface area contributed by atoms with E-state index in [1.165, 1.54) is 12.1 Å². The number of nitrogens with zero attached hydrogens (tertiary/aromatic N) is 1. The summed E-state index contributed by atoms with van der Waals surface area (Å²) in [5.41, 5.74) is 0.699. The number of benzene rings is 1. The lowest BCUT2D eigenvalue weighted by Gasteiger charge is -2.18. The normalized spacial score (nSPS) is 13.0. The third-order valence-corrected chi connectivity index (χ3v) is 5.29. The van der Waals surface area contributed by atoms with Gasteiger partial charge in [-0.25, -0.2) is 12.7 Å². The summed E-state index contributed by atoms with van der Waals surface area (Å²) in [6, 6.07) is 4.33. The maximum absolute atomic E-state index is 12.1. The van der Waals surface area contributed by atoms with Crippen LogP contribution in [0.5, 0.6) is 0 Å². The molecule has 0 amide bonds. The first-order valence-electron chi connectivity index (χ1n) is 5.33. The molecule has 0 saturated heterocycles. The lowest BCUT2D eigenvalue weighted by atomic mass is 10.2. The maximum Gasteiger partial charge on any atom is 0.390 e. The van der Waals surface area contributed by atoms with Crippen molar-refractivity contribution in [2.45, 2.75) is 24.4 Å². The molecule has 1 aromatic carbocycles. The molecule has 3 nitrogen and oxygen atoms in total. The summed E-state index contributed by atoms with van der Waals surface area (Å²) < 4.78 is 61.9. The summed E-state index contributed by atoms with van der Waals surface area (Å²) in [5, 5.41) is 0. The molecule has 0 atom stereocenters. The van der Waals surface area contributed by atoms with Gasteiger partial charge in [-0.3, -0.25) is 0 Å². The first kappa shape index (κ1) is 16.5. The van der Waals surface area contributed by atoms with E-state index in [0.29, 0.717) is 9.87 Å². The number of hydrogen-bond acceptors (Lipinski definition) is 2. The number of halogens is 4. The fourth-order valence-corrected chi connectivity index (χ4v) is 2.87. The van der Waals surface area contributed by atoms with Gasteiger partial charge in [0.25, 0.3) is 0 Å². The summed E-state index contributed by atoms with van der Waals surface area (Å²) in [4.78, 5) is -0.0159. The first-order valence-corrected chi connectivity index (χ1v) is 7.56. The Morgan fingerprint density at radius 1 is 1.32 bits per heavy atom. The van der Waals surface area contributed by atoms with Gasteiger partial charge in [-0.05, 0) is 30.7 Å². The molecule has 19 heavy (non-hydrogen) atoms. The van der Waals surface area contributed by atoms with Crippen LogP contribution in [-0.2, 0) is 10.0 Å². The SMILES string of the molecule is Cc1cc(S(=O)(=O)N(C)CCC(F)(F)F)ccc1Br. The van der Waals surface area contributed by atoms with Crippen LogP contribution < -0.4 is 0 Å². The molecular weight excluding hydrogens is 347 g/mol. The molecule has 0 aromatic heterocycles. The molecule has 108 valence electrons. The third-order valence-electron chi connectivity index (χ3n) is 2.55. The Labute approximate surface area is 118 Å². The standard InChI is InChI=1S/C11H13BrF3NO2S/c1-8-7-9(3-4-10(8)12)19(17,18)16(2)6-5-11(13,14)15/h3-4,7H,5-6H2,1-2H3. The van der Waals surface area contributed by atoms with Gasteiger partial charge in [-0.15, -0.1) is 0 Å². The van der Waals surface area contributed by atoms with Gasteiger partial charge >= 0.3 is 6.18 Å². The van der Waals surface area contributed by atoms with Gasteiger partial charge in [0.2, 0.25) is 10.0 Å². The van der Waals surface area contributed by atoms with Gasteiger partial charge in [-0.1, -0.05) is 15.9 Å². The zero-order chi connectivity index (χ0) is 14.8. The van der Waals surface area contributed by atoms with Gasteiger partial charge in [0.05, 0.1) is 11.3 Å². The van der Waals surface area contributed by atoms with Crippen LogP contribution in [0.1, 0.15) is 12.0 Å². The molecule has 8 heteroatoms. The number of aryl methyl sites for hydroxylation is 1. The molecule has 0 aliphatic rings. The second kappa shape index (κ2) is 5.80. The van der Waals surface area contributed by atoms with E-state index in [9.17, 15) is 21.6 Å². The molecule has 0 spiro atoms. The molecule has 0 saturated carbocycles. The minimum atomic E-state index is -4.38. The average Bonchev–Trinajstić information content (AvgIpc) is 2.28. The van der Waals surface area contributed by atoms with E-state index in [1.807, 2.05) is 0 Å². The van der Waals surface area contributed by atoms with E-state index in [-0.39, 0.29) is 4.90 Å². The highest BCUT2D eigenvalue weighted by molar-refractivity contribution is 9.10. The van der Waals surface area contributed by atoms with Gasteiger partial charge in [-0.2, -0.15) is 13.2 Å². The molecule has 0 N–H and O–H groups in total. The smallest absolute Gasteiger partial charge is 0.207 e. The van der Waals surface area contributed by atoms with Gasteiger partial charge in [0.1, 0.15) is 0 Å². The summed E-state index contributed by atoms with van der Waals surface area (Å²) in [5.74, 6) is 0. The molecule has 1 aromatic rings. The highest BCUT2D eigenvalue weighted by Gasteiger charge is 2.30. The van der Waals surface area contributed by atoms with Gasteiger partial charge < -0.3 is 0 Å². The third kappa shape index (κ3) is 4.47. The van der Waals surface area contributed by atoms with Crippen molar-refractivity contribution in [2.75, 3.05) is 13.6 Å². The Bertz CT molecular complexity index is 558. The maximum atomic E-state index is 12.1. The second-order valence-electron chi connectivity index (χ2n) is 4.10. The van der Waals surface area contributed by atoms with Crippen molar-refractivity contribution in [1.29, 1.82) is 0 Å². The van der Waals surface area contributed by atoms with Crippen LogP contribution in [0.2, 0.25) is 0 Å². The first-order chi connectivity index (χ1) is 8.54. The van der Waals surface area contributed by atoms with Crippen LogP contribution in [0.4, 0.5) is 13.2 Å². The van der Waals surface area contributed by atoms with Crippen LogP contribution in [0.3, 0.4) is 0 Å². The van der Waals surface area contributed by atoms with Crippen LogP contribution in [0.25, 0.3) is 0 Å². The molecule has 0 radical (unpaired) electrons. The Kier molecular flexibility index (Phi) is 5.02. The average molecular weight is 360 g/mol. The number of sulfonamides is 1. The van der Waals surface area contributed by atoms with Crippen LogP contribution >= 0.6 is 15.9 Å². The summed E-state index contributed by atoms with van der Waals surface area (Å²) in [6.07, 6.45) is -5.54. The van der Waals surface area contributed by atoms with E-state index in [1.54, 1.807) is 13.0 Å². The summed E-state index contributed by atoms with van der Waals surface area (Å²) in [7, 11) is -2.75. The Morgan fingerprint density at radius 2 is 1.89 bits per heavy atom. The van der Waals surface area contributed by atoms with Crippen molar-refractivity contribution >= 4 is 26.0 Å². The summed E-state index contributed by atoms with van der Waals surface area (Å²) >= 11 is 3.23. The predicted octanol–water partition coefficient (Wildman–Crippen LogP) is 3.33. The zero-order valence-corrected chi connectivity index (χ0v) is 12.7. The molecule has 0 unspecified atom stereocenters. The minimum Gasteiger partial charge on any atom is -0.207 e. The van der Waals surface area contributed by atoms with Crippen LogP contribution in [0.15, 0.2) is 27.6 Å². The van der Waals surface area contributed by atoms with Crippen LogP contribution in [-0.4, -0.2) is 32.5 Å². The van der Waals surface area contributed by atoms with Crippen LogP contribution in [0, 0.1) is 6.92 Å². The molecule has 0 bridgehead atoms. The van der Waals surface area contributed by atoms with Crippen molar-refractivity contribution in [3.8, 4) is 0 Å².